The van der Waals surface area contributed by atoms with Crippen molar-refractivity contribution in [3.05, 3.63) is 34.9 Å². The number of hydrogen-bond acceptors (Lipinski definition) is 1. The molecule has 0 radical (unpaired) electrons. The van der Waals surface area contributed by atoms with Gasteiger partial charge in [-0.25, -0.2) is 0 Å². The molecule has 92 valence electrons. The molecule has 0 amide bonds. The molecule has 2 rings (SSSR count). The molecule has 1 aromatic rings. The van der Waals surface area contributed by atoms with Crippen LogP contribution in [0.15, 0.2) is 18.2 Å². The van der Waals surface area contributed by atoms with Crippen molar-refractivity contribution >= 4 is 5.97 Å². The summed E-state index contributed by atoms with van der Waals surface area (Å²) in [4.78, 5) is 11.3. The highest BCUT2D eigenvalue weighted by Crippen LogP contribution is 2.49. The van der Waals surface area contributed by atoms with Crippen molar-refractivity contribution in [1.29, 1.82) is 0 Å². The zero-order chi connectivity index (χ0) is 12.8. The third kappa shape index (κ3) is 1.97. The van der Waals surface area contributed by atoms with Crippen molar-refractivity contribution in [1.82, 2.24) is 0 Å². The molecule has 1 saturated carbocycles. The second-order valence-corrected chi connectivity index (χ2v) is 6.17. The van der Waals surface area contributed by atoms with Gasteiger partial charge in [0, 0.05) is 0 Å². The maximum absolute atomic E-state index is 11.3. The number of carboxylic acid groups (broad SMARTS) is 1. The predicted molar refractivity (Wildman–Crippen MR) is 68.4 cm³/mol. The van der Waals surface area contributed by atoms with Gasteiger partial charge in [0.15, 0.2) is 0 Å². The molecule has 0 aromatic heterocycles. The smallest absolute Gasteiger partial charge is 0.314 e. The normalized spacial score (nSPS) is 17.9. The number of hydrogen-bond donors (Lipinski definition) is 1. The van der Waals surface area contributed by atoms with E-state index in [0.717, 1.165) is 18.4 Å². The summed E-state index contributed by atoms with van der Waals surface area (Å²) >= 11 is 0. The monoisotopic (exact) mass is 232 g/mol. The highest BCUT2D eigenvalue weighted by molar-refractivity contribution is 5.85. The molecule has 17 heavy (non-hydrogen) atoms. The molecule has 0 aliphatic heterocycles. The maximum atomic E-state index is 11.3. The Kier molecular flexibility index (Phi) is 2.57. The molecule has 0 heterocycles. The van der Waals surface area contributed by atoms with Crippen LogP contribution in [0.25, 0.3) is 0 Å². The zero-order valence-corrected chi connectivity index (χ0v) is 11.0. The third-order valence-electron chi connectivity index (χ3n) is 3.75. The summed E-state index contributed by atoms with van der Waals surface area (Å²) in [6.45, 7) is 8.61. The van der Waals surface area contributed by atoms with E-state index in [2.05, 4.69) is 39.8 Å². The van der Waals surface area contributed by atoms with E-state index >= 15 is 0 Å². The van der Waals surface area contributed by atoms with Crippen LogP contribution in [0.4, 0.5) is 0 Å². The number of aliphatic carboxylic acids is 1. The minimum atomic E-state index is -0.680. The van der Waals surface area contributed by atoms with Gasteiger partial charge < -0.3 is 5.11 Å². The average molecular weight is 232 g/mol. The largest absolute Gasteiger partial charge is 0.481 e. The van der Waals surface area contributed by atoms with Gasteiger partial charge in [-0.1, -0.05) is 39.0 Å². The molecule has 1 N–H and O–H groups in total. The highest BCUT2D eigenvalue weighted by Gasteiger charge is 2.51. The molecule has 1 aliphatic carbocycles. The summed E-state index contributed by atoms with van der Waals surface area (Å²) in [5.41, 5.74) is 2.99. The Morgan fingerprint density at radius 3 is 2.24 bits per heavy atom. The fourth-order valence-corrected chi connectivity index (χ4v) is 2.55. The molecule has 2 nitrogen and oxygen atoms in total. The van der Waals surface area contributed by atoms with Crippen molar-refractivity contribution < 1.29 is 9.90 Å². The van der Waals surface area contributed by atoms with E-state index in [0.29, 0.717) is 0 Å². The second kappa shape index (κ2) is 3.59. The van der Waals surface area contributed by atoms with Gasteiger partial charge >= 0.3 is 5.97 Å². The van der Waals surface area contributed by atoms with Crippen LogP contribution >= 0.6 is 0 Å². The van der Waals surface area contributed by atoms with E-state index in [1.807, 2.05) is 6.07 Å². The van der Waals surface area contributed by atoms with Gasteiger partial charge in [0.2, 0.25) is 0 Å². The fourth-order valence-electron chi connectivity index (χ4n) is 2.55. The molecule has 0 saturated heterocycles. The molecular weight excluding hydrogens is 212 g/mol. The summed E-state index contributed by atoms with van der Waals surface area (Å²) in [5.74, 6) is -0.680. The first-order valence-electron chi connectivity index (χ1n) is 6.12. The quantitative estimate of drug-likeness (QED) is 0.848. The molecule has 0 atom stereocenters. The van der Waals surface area contributed by atoms with Crippen LogP contribution in [-0.4, -0.2) is 11.1 Å². The van der Waals surface area contributed by atoms with Gasteiger partial charge in [0.05, 0.1) is 5.41 Å². The summed E-state index contributed by atoms with van der Waals surface area (Å²) in [6, 6.07) is 6.14. The van der Waals surface area contributed by atoms with Crippen LogP contribution in [0.1, 0.15) is 50.3 Å². The molecule has 1 aliphatic rings. The van der Waals surface area contributed by atoms with Crippen LogP contribution in [0, 0.1) is 6.92 Å². The van der Waals surface area contributed by atoms with Crippen molar-refractivity contribution in [3.8, 4) is 0 Å². The number of benzene rings is 1. The van der Waals surface area contributed by atoms with Crippen LogP contribution < -0.4 is 0 Å². The Morgan fingerprint density at radius 1 is 1.29 bits per heavy atom. The molecule has 1 fully saturated rings. The first-order chi connectivity index (χ1) is 7.77. The number of aryl methyl sites for hydroxylation is 1. The minimum Gasteiger partial charge on any atom is -0.481 e. The number of rotatable bonds is 2. The fraction of sp³-hybridized carbons (Fsp3) is 0.533. The van der Waals surface area contributed by atoms with E-state index in [9.17, 15) is 9.90 Å². The molecule has 1 aromatic carbocycles. The first kappa shape index (κ1) is 12.2. The van der Waals surface area contributed by atoms with Gasteiger partial charge in [-0.3, -0.25) is 4.79 Å². The highest BCUT2D eigenvalue weighted by atomic mass is 16.4. The molecule has 2 heteroatoms. The topological polar surface area (TPSA) is 37.3 Å². The van der Waals surface area contributed by atoms with Crippen LogP contribution in [0.2, 0.25) is 0 Å². The third-order valence-corrected chi connectivity index (χ3v) is 3.75. The van der Waals surface area contributed by atoms with E-state index < -0.39 is 11.4 Å². The minimum absolute atomic E-state index is 0.114. The van der Waals surface area contributed by atoms with E-state index in [4.69, 9.17) is 0 Å². The van der Waals surface area contributed by atoms with Crippen molar-refractivity contribution in [2.75, 3.05) is 0 Å². The van der Waals surface area contributed by atoms with Crippen molar-refractivity contribution in [2.45, 2.75) is 51.4 Å². The van der Waals surface area contributed by atoms with E-state index in [1.165, 1.54) is 11.1 Å². The Hall–Kier alpha value is -1.31. The SMILES string of the molecule is Cc1cc(C2(C(=O)O)CC2)ccc1C(C)(C)C. The van der Waals surface area contributed by atoms with Crippen LogP contribution in [-0.2, 0) is 15.6 Å². The van der Waals surface area contributed by atoms with Crippen molar-refractivity contribution in [2.24, 2.45) is 0 Å². The lowest BCUT2D eigenvalue weighted by molar-refractivity contribution is -0.140. The Labute approximate surface area is 103 Å². The van der Waals surface area contributed by atoms with Crippen LogP contribution in [0.3, 0.4) is 0 Å². The molecule has 0 spiro atoms. The van der Waals surface area contributed by atoms with Gasteiger partial charge in [0.25, 0.3) is 0 Å². The second-order valence-electron chi connectivity index (χ2n) is 6.17. The lowest BCUT2D eigenvalue weighted by Crippen LogP contribution is -2.20. The van der Waals surface area contributed by atoms with Gasteiger partial charge in [-0.05, 0) is 41.9 Å². The Bertz CT molecular complexity index is 462. The summed E-state index contributed by atoms with van der Waals surface area (Å²) in [6.07, 6.45) is 1.55. The standard InChI is InChI=1S/C15H20O2/c1-10-9-11(15(7-8-15)13(16)17)5-6-12(10)14(2,3)4/h5-6,9H,7-8H2,1-4H3,(H,16,17). The van der Waals surface area contributed by atoms with Gasteiger partial charge in [0.1, 0.15) is 0 Å². The zero-order valence-electron chi connectivity index (χ0n) is 11.0. The van der Waals surface area contributed by atoms with E-state index in [1.54, 1.807) is 0 Å². The molecule has 0 unspecified atom stereocenters. The summed E-state index contributed by atoms with van der Waals surface area (Å²) < 4.78 is 0. The maximum Gasteiger partial charge on any atom is 0.314 e. The molecular formula is C15H20O2. The van der Waals surface area contributed by atoms with Gasteiger partial charge in [-0.2, -0.15) is 0 Å². The van der Waals surface area contributed by atoms with Crippen molar-refractivity contribution in [3.63, 3.8) is 0 Å². The Morgan fingerprint density at radius 2 is 1.88 bits per heavy atom. The Balaban J connectivity index is 2.42. The number of carboxylic acids is 1. The lowest BCUT2D eigenvalue weighted by Gasteiger charge is -2.23. The average Bonchev–Trinajstić information content (AvgIpc) is 2.95. The number of carbonyl (C=O) groups is 1. The first-order valence-corrected chi connectivity index (χ1v) is 6.12. The van der Waals surface area contributed by atoms with Gasteiger partial charge in [-0.15, -0.1) is 0 Å². The molecule has 0 bridgehead atoms. The predicted octanol–water partition coefficient (Wildman–Crippen LogP) is 3.41. The lowest BCUT2D eigenvalue weighted by atomic mass is 9.82. The summed E-state index contributed by atoms with van der Waals surface area (Å²) in [7, 11) is 0. The summed E-state index contributed by atoms with van der Waals surface area (Å²) in [5, 5.41) is 9.28. The van der Waals surface area contributed by atoms with Crippen LogP contribution in [0.5, 0.6) is 0 Å². The van der Waals surface area contributed by atoms with E-state index in [-0.39, 0.29) is 5.41 Å².